The van der Waals surface area contributed by atoms with E-state index in [4.69, 9.17) is 0 Å². The average molecular weight is 164 g/mol. The van der Waals surface area contributed by atoms with E-state index in [0.29, 0.717) is 17.6 Å². The zero-order valence-electron chi connectivity index (χ0n) is 6.80. The van der Waals surface area contributed by atoms with Crippen molar-refractivity contribution in [2.45, 2.75) is 13.3 Å². The molecular formula is C10H9FO. The quantitative estimate of drug-likeness (QED) is 0.613. The first-order valence-corrected chi connectivity index (χ1v) is 3.78. The van der Waals surface area contributed by atoms with Gasteiger partial charge in [0.15, 0.2) is 0 Å². The number of halogens is 1. The Hall–Kier alpha value is -1.40. The third-order valence-electron chi connectivity index (χ3n) is 1.65. The highest BCUT2D eigenvalue weighted by molar-refractivity contribution is 5.87. The van der Waals surface area contributed by atoms with Crippen LogP contribution in [-0.4, -0.2) is 5.94 Å². The van der Waals surface area contributed by atoms with Gasteiger partial charge in [0.2, 0.25) is 0 Å². The van der Waals surface area contributed by atoms with Gasteiger partial charge in [-0.05, 0) is 24.1 Å². The van der Waals surface area contributed by atoms with E-state index in [0.717, 1.165) is 0 Å². The second-order valence-electron chi connectivity index (χ2n) is 2.44. The zero-order valence-corrected chi connectivity index (χ0v) is 6.80. The van der Waals surface area contributed by atoms with Crippen LogP contribution in [0, 0.1) is 5.82 Å². The maximum absolute atomic E-state index is 12.7. The molecule has 0 amide bonds. The second-order valence-corrected chi connectivity index (χ2v) is 2.44. The summed E-state index contributed by atoms with van der Waals surface area (Å²) >= 11 is 0. The van der Waals surface area contributed by atoms with Crippen molar-refractivity contribution < 1.29 is 9.18 Å². The van der Waals surface area contributed by atoms with Crippen LogP contribution in [0.5, 0.6) is 0 Å². The minimum atomic E-state index is -0.325. The molecule has 62 valence electrons. The Balaban J connectivity index is 3.10. The van der Waals surface area contributed by atoms with E-state index in [9.17, 15) is 9.18 Å². The van der Waals surface area contributed by atoms with Crippen LogP contribution in [0.15, 0.2) is 24.3 Å². The predicted octanol–water partition coefficient (Wildman–Crippen LogP) is 2.45. The number of benzene rings is 1. The number of hydrogen-bond donors (Lipinski definition) is 0. The van der Waals surface area contributed by atoms with E-state index in [2.05, 4.69) is 0 Å². The summed E-state index contributed by atoms with van der Waals surface area (Å²) in [5.41, 5.74) is 1.13. The molecule has 0 atom stereocenters. The van der Waals surface area contributed by atoms with Gasteiger partial charge in [0.25, 0.3) is 0 Å². The van der Waals surface area contributed by atoms with E-state index in [1.54, 1.807) is 18.1 Å². The normalized spacial score (nSPS) is 9.17. The van der Waals surface area contributed by atoms with Gasteiger partial charge in [0.05, 0.1) is 0 Å². The molecule has 1 rings (SSSR count). The molecule has 0 aromatic heterocycles. The highest BCUT2D eigenvalue weighted by Crippen LogP contribution is 2.15. The molecule has 0 unspecified atom stereocenters. The molecule has 2 heteroatoms. The fourth-order valence-corrected chi connectivity index (χ4v) is 1.01. The molecule has 0 heterocycles. The molecule has 0 bridgehead atoms. The van der Waals surface area contributed by atoms with Crippen LogP contribution in [0.3, 0.4) is 0 Å². The Morgan fingerprint density at radius 1 is 1.58 bits per heavy atom. The van der Waals surface area contributed by atoms with Crippen LogP contribution in [0.2, 0.25) is 0 Å². The van der Waals surface area contributed by atoms with Crippen LogP contribution in [-0.2, 0) is 4.79 Å². The number of rotatable bonds is 2. The lowest BCUT2D eigenvalue weighted by Crippen LogP contribution is -1.84. The Kier molecular flexibility index (Phi) is 2.78. The van der Waals surface area contributed by atoms with Gasteiger partial charge in [-0.25, -0.2) is 9.18 Å². The summed E-state index contributed by atoms with van der Waals surface area (Å²) in [5, 5.41) is 0. The Bertz CT molecular complexity index is 324. The molecule has 0 aliphatic heterocycles. The highest BCUT2D eigenvalue weighted by atomic mass is 19.1. The summed E-state index contributed by atoms with van der Waals surface area (Å²) in [4.78, 5) is 10.4. The van der Waals surface area contributed by atoms with Gasteiger partial charge in [0, 0.05) is 5.57 Å². The monoisotopic (exact) mass is 164 g/mol. The van der Waals surface area contributed by atoms with E-state index in [1.165, 1.54) is 12.1 Å². The zero-order chi connectivity index (χ0) is 8.97. The number of allylic oxidation sites excluding steroid dienone is 1. The molecule has 0 radical (unpaired) electrons. The summed E-state index contributed by atoms with van der Waals surface area (Å²) in [6, 6.07) is 5.97. The molecule has 1 nitrogen and oxygen atoms in total. The summed E-state index contributed by atoms with van der Waals surface area (Å²) in [7, 11) is 0. The third kappa shape index (κ3) is 1.80. The fraction of sp³-hybridized carbons (Fsp3) is 0.200. The minimum absolute atomic E-state index is 0.325. The number of hydrogen-bond acceptors (Lipinski definition) is 1. The van der Waals surface area contributed by atoms with E-state index in [-0.39, 0.29) is 5.82 Å². The van der Waals surface area contributed by atoms with Gasteiger partial charge in [-0.2, -0.15) is 0 Å². The van der Waals surface area contributed by atoms with Crippen molar-refractivity contribution in [1.29, 1.82) is 0 Å². The van der Waals surface area contributed by atoms with Crippen LogP contribution in [0.1, 0.15) is 18.9 Å². The van der Waals surface area contributed by atoms with E-state index < -0.39 is 0 Å². The van der Waals surface area contributed by atoms with Gasteiger partial charge in [0.1, 0.15) is 11.8 Å². The highest BCUT2D eigenvalue weighted by Gasteiger charge is 2.00. The maximum atomic E-state index is 12.7. The summed E-state index contributed by atoms with van der Waals surface area (Å²) < 4.78 is 12.7. The number of carbonyl (C=O) groups excluding carboxylic acids is 1. The smallest absolute Gasteiger partial charge is 0.128 e. The lowest BCUT2D eigenvalue weighted by molar-refractivity contribution is 0.569. The standard InChI is InChI=1S/C10H9FO/c1-2-8(7-12)9-4-3-5-10(11)6-9/h3-6H,2H2,1H3. The van der Waals surface area contributed by atoms with Crippen molar-refractivity contribution in [1.82, 2.24) is 0 Å². The van der Waals surface area contributed by atoms with Gasteiger partial charge in [-0.15, -0.1) is 0 Å². The largest absolute Gasteiger partial charge is 0.233 e. The summed E-state index contributed by atoms with van der Waals surface area (Å²) in [5.74, 6) is 1.47. The van der Waals surface area contributed by atoms with Crippen LogP contribution in [0.25, 0.3) is 5.57 Å². The first-order valence-electron chi connectivity index (χ1n) is 3.78. The molecule has 0 saturated heterocycles. The first kappa shape index (κ1) is 8.69. The summed E-state index contributed by atoms with van der Waals surface area (Å²) in [6.07, 6.45) is 0.576. The molecule has 0 fully saturated rings. The van der Waals surface area contributed by atoms with Gasteiger partial charge >= 0.3 is 0 Å². The maximum Gasteiger partial charge on any atom is 0.128 e. The van der Waals surface area contributed by atoms with Crippen LogP contribution in [0.4, 0.5) is 4.39 Å². The lowest BCUT2D eigenvalue weighted by Gasteiger charge is -1.98. The summed E-state index contributed by atoms with van der Waals surface area (Å²) in [6.45, 7) is 1.84. The molecule has 0 aliphatic rings. The Morgan fingerprint density at radius 2 is 2.33 bits per heavy atom. The molecular weight excluding hydrogens is 155 g/mol. The minimum Gasteiger partial charge on any atom is -0.233 e. The van der Waals surface area contributed by atoms with Gasteiger partial charge in [-0.1, -0.05) is 19.1 Å². The molecule has 1 aromatic rings. The van der Waals surface area contributed by atoms with Crippen molar-refractivity contribution in [3.05, 3.63) is 35.6 Å². The van der Waals surface area contributed by atoms with Crippen molar-refractivity contribution in [2.75, 3.05) is 0 Å². The van der Waals surface area contributed by atoms with Crippen molar-refractivity contribution in [3.8, 4) is 0 Å². The van der Waals surface area contributed by atoms with Gasteiger partial charge in [-0.3, -0.25) is 0 Å². The molecule has 0 spiro atoms. The van der Waals surface area contributed by atoms with Crippen LogP contribution < -0.4 is 0 Å². The lowest BCUT2D eigenvalue weighted by atomic mass is 10.1. The topological polar surface area (TPSA) is 17.1 Å². The van der Waals surface area contributed by atoms with E-state index >= 15 is 0 Å². The van der Waals surface area contributed by atoms with Crippen molar-refractivity contribution >= 4 is 11.5 Å². The molecule has 0 saturated carbocycles. The average Bonchev–Trinajstić information content (AvgIpc) is 2.07. The molecule has 0 N–H and O–H groups in total. The van der Waals surface area contributed by atoms with Crippen LogP contribution >= 0.6 is 0 Å². The molecule has 12 heavy (non-hydrogen) atoms. The van der Waals surface area contributed by atoms with Crippen molar-refractivity contribution in [3.63, 3.8) is 0 Å². The Labute approximate surface area is 70.5 Å². The molecule has 1 aromatic carbocycles. The van der Waals surface area contributed by atoms with E-state index in [1.807, 2.05) is 6.92 Å². The third-order valence-corrected chi connectivity index (χ3v) is 1.65. The predicted molar refractivity (Wildman–Crippen MR) is 45.8 cm³/mol. The van der Waals surface area contributed by atoms with Crippen molar-refractivity contribution in [2.24, 2.45) is 0 Å². The fourth-order valence-electron chi connectivity index (χ4n) is 1.01. The first-order chi connectivity index (χ1) is 5.77. The molecule has 0 aliphatic carbocycles. The Morgan fingerprint density at radius 3 is 2.83 bits per heavy atom. The SMILES string of the molecule is CCC(=C=O)c1cccc(F)c1. The van der Waals surface area contributed by atoms with Gasteiger partial charge < -0.3 is 0 Å². The second kappa shape index (κ2) is 3.84.